The van der Waals surface area contributed by atoms with Gasteiger partial charge in [-0.05, 0) is 31.1 Å². The molecule has 1 saturated heterocycles. The van der Waals surface area contributed by atoms with Crippen LogP contribution in [0.3, 0.4) is 0 Å². The summed E-state index contributed by atoms with van der Waals surface area (Å²) in [5, 5.41) is 0. The maximum atomic E-state index is 5.93. The number of rotatable bonds is 1. The maximum absolute atomic E-state index is 5.93. The van der Waals surface area contributed by atoms with Gasteiger partial charge in [0, 0.05) is 0 Å². The van der Waals surface area contributed by atoms with Gasteiger partial charge in [0.05, 0.1) is 12.2 Å². The van der Waals surface area contributed by atoms with Crippen molar-refractivity contribution in [3.63, 3.8) is 0 Å². The Labute approximate surface area is 76.5 Å². The first-order valence-corrected chi connectivity index (χ1v) is 5.23. The predicted octanol–water partition coefficient (Wildman–Crippen LogP) is 3.09. The Balaban J connectivity index is 2.63. The average molecular weight is 170 g/mol. The summed E-state index contributed by atoms with van der Waals surface area (Å²) in [6.45, 7) is 11.4. The summed E-state index contributed by atoms with van der Waals surface area (Å²) in [5.41, 5.74) is 0. The second kappa shape index (κ2) is 3.78. The molecule has 0 saturated carbocycles. The normalized spacial score (nSPS) is 49.2. The molecular weight excluding hydrogens is 148 g/mol. The van der Waals surface area contributed by atoms with E-state index in [4.69, 9.17) is 4.74 Å². The average Bonchev–Trinajstić information content (AvgIpc) is 2.08. The van der Waals surface area contributed by atoms with Crippen LogP contribution in [0.25, 0.3) is 0 Å². The molecule has 0 aromatic carbocycles. The second-order valence-corrected chi connectivity index (χ2v) is 4.37. The van der Waals surface area contributed by atoms with E-state index in [0.717, 1.165) is 18.3 Å². The van der Waals surface area contributed by atoms with E-state index in [9.17, 15) is 0 Å². The molecule has 0 radical (unpaired) electrons. The van der Waals surface area contributed by atoms with Crippen LogP contribution in [0.1, 0.15) is 41.0 Å². The molecule has 0 aromatic heterocycles. The Hall–Kier alpha value is -0.0400. The monoisotopic (exact) mass is 170 g/mol. The topological polar surface area (TPSA) is 9.23 Å². The van der Waals surface area contributed by atoms with Gasteiger partial charge in [-0.3, -0.25) is 0 Å². The molecule has 1 aliphatic heterocycles. The summed E-state index contributed by atoms with van der Waals surface area (Å²) < 4.78 is 5.93. The number of hydrogen-bond donors (Lipinski definition) is 0. The van der Waals surface area contributed by atoms with E-state index in [1.54, 1.807) is 0 Å². The minimum Gasteiger partial charge on any atom is -0.375 e. The molecule has 1 fully saturated rings. The van der Waals surface area contributed by atoms with Crippen molar-refractivity contribution in [1.82, 2.24) is 0 Å². The Bertz CT molecular complexity index is 139. The molecule has 0 N–H and O–H groups in total. The van der Waals surface area contributed by atoms with Crippen molar-refractivity contribution in [2.24, 2.45) is 17.8 Å². The molecule has 12 heavy (non-hydrogen) atoms. The second-order valence-electron chi connectivity index (χ2n) is 4.37. The van der Waals surface area contributed by atoms with Gasteiger partial charge in [-0.2, -0.15) is 0 Å². The highest BCUT2D eigenvalue weighted by atomic mass is 16.5. The van der Waals surface area contributed by atoms with Crippen LogP contribution >= 0.6 is 0 Å². The van der Waals surface area contributed by atoms with E-state index >= 15 is 0 Å². The zero-order valence-corrected chi connectivity index (χ0v) is 9.00. The first kappa shape index (κ1) is 10.0. The van der Waals surface area contributed by atoms with Gasteiger partial charge in [0.25, 0.3) is 0 Å². The van der Waals surface area contributed by atoms with Crippen LogP contribution in [-0.4, -0.2) is 12.2 Å². The standard InChI is InChI=1S/C11H22O/c1-6-11-9(4)7(2)8(3)10(5)12-11/h7-11H,6H2,1-5H3/t7?,8?,9-,10+,11-/m0/s1. The summed E-state index contributed by atoms with van der Waals surface area (Å²) >= 11 is 0. The highest BCUT2D eigenvalue weighted by Gasteiger charge is 2.35. The van der Waals surface area contributed by atoms with E-state index in [0.29, 0.717) is 18.1 Å². The summed E-state index contributed by atoms with van der Waals surface area (Å²) in [7, 11) is 0. The molecular formula is C11H22O. The third-order valence-electron chi connectivity index (χ3n) is 3.78. The van der Waals surface area contributed by atoms with Gasteiger partial charge in [-0.1, -0.05) is 27.7 Å². The van der Waals surface area contributed by atoms with Crippen molar-refractivity contribution < 1.29 is 4.74 Å². The van der Waals surface area contributed by atoms with Gasteiger partial charge in [0.2, 0.25) is 0 Å². The molecule has 5 atom stereocenters. The molecule has 0 aliphatic carbocycles. The molecule has 1 nitrogen and oxygen atoms in total. The predicted molar refractivity (Wildman–Crippen MR) is 52.1 cm³/mol. The van der Waals surface area contributed by atoms with Gasteiger partial charge in [-0.25, -0.2) is 0 Å². The zero-order valence-electron chi connectivity index (χ0n) is 9.00. The lowest BCUT2D eigenvalue weighted by Gasteiger charge is -2.42. The molecule has 2 unspecified atom stereocenters. The van der Waals surface area contributed by atoms with Gasteiger partial charge in [-0.15, -0.1) is 0 Å². The fraction of sp³-hybridized carbons (Fsp3) is 1.00. The van der Waals surface area contributed by atoms with Gasteiger partial charge in [0.15, 0.2) is 0 Å². The lowest BCUT2D eigenvalue weighted by Crippen LogP contribution is -2.42. The lowest BCUT2D eigenvalue weighted by molar-refractivity contribution is -0.125. The first-order chi connectivity index (χ1) is 5.57. The SMILES string of the molecule is CC[C@@H]1O[C@H](C)C(C)C(C)[C@@H]1C. The molecule has 1 rings (SSSR count). The Morgan fingerprint density at radius 2 is 1.50 bits per heavy atom. The minimum absolute atomic E-state index is 0.446. The molecule has 0 aromatic rings. The number of hydrogen-bond acceptors (Lipinski definition) is 1. The van der Waals surface area contributed by atoms with Gasteiger partial charge in [0.1, 0.15) is 0 Å². The molecule has 1 aliphatic rings. The van der Waals surface area contributed by atoms with Crippen LogP contribution < -0.4 is 0 Å². The molecule has 72 valence electrons. The lowest BCUT2D eigenvalue weighted by atomic mass is 9.76. The molecule has 1 heterocycles. The van der Waals surface area contributed by atoms with Crippen LogP contribution in [0.2, 0.25) is 0 Å². The molecule has 0 amide bonds. The highest BCUT2D eigenvalue weighted by Crippen LogP contribution is 2.35. The quantitative estimate of drug-likeness (QED) is 0.587. The third-order valence-corrected chi connectivity index (χ3v) is 3.78. The van der Waals surface area contributed by atoms with Crippen molar-refractivity contribution in [3.05, 3.63) is 0 Å². The summed E-state index contributed by atoms with van der Waals surface area (Å²) in [6.07, 6.45) is 2.09. The molecule has 0 spiro atoms. The Morgan fingerprint density at radius 3 is 2.00 bits per heavy atom. The molecule has 0 bridgehead atoms. The van der Waals surface area contributed by atoms with Crippen LogP contribution in [0, 0.1) is 17.8 Å². The highest BCUT2D eigenvalue weighted by molar-refractivity contribution is 4.83. The molecule has 1 heteroatoms. The van der Waals surface area contributed by atoms with Crippen LogP contribution in [-0.2, 0) is 4.74 Å². The van der Waals surface area contributed by atoms with Crippen molar-refractivity contribution in [3.8, 4) is 0 Å². The fourth-order valence-corrected chi connectivity index (χ4v) is 2.24. The van der Waals surface area contributed by atoms with Gasteiger partial charge < -0.3 is 4.74 Å². The maximum Gasteiger partial charge on any atom is 0.0604 e. The van der Waals surface area contributed by atoms with Gasteiger partial charge >= 0.3 is 0 Å². The van der Waals surface area contributed by atoms with E-state index in [2.05, 4.69) is 34.6 Å². The van der Waals surface area contributed by atoms with Crippen molar-refractivity contribution in [1.29, 1.82) is 0 Å². The minimum atomic E-state index is 0.446. The van der Waals surface area contributed by atoms with E-state index in [-0.39, 0.29) is 0 Å². The fourth-order valence-electron chi connectivity index (χ4n) is 2.24. The number of ether oxygens (including phenoxy) is 1. The smallest absolute Gasteiger partial charge is 0.0604 e. The van der Waals surface area contributed by atoms with Crippen LogP contribution in [0.4, 0.5) is 0 Å². The van der Waals surface area contributed by atoms with Crippen molar-refractivity contribution in [2.45, 2.75) is 53.2 Å². The van der Waals surface area contributed by atoms with Crippen LogP contribution in [0.5, 0.6) is 0 Å². The van der Waals surface area contributed by atoms with Crippen molar-refractivity contribution >= 4 is 0 Å². The Morgan fingerprint density at radius 1 is 0.917 bits per heavy atom. The summed E-state index contributed by atoms with van der Waals surface area (Å²) in [6, 6.07) is 0. The summed E-state index contributed by atoms with van der Waals surface area (Å²) in [5.74, 6) is 2.24. The van der Waals surface area contributed by atoms with E-state index < -0.39 is 0 Å². The van der Waals surface area contributed by atoms with Crippen molar-refractivity contribution in [2.75, 3.05) is 0 Å². The van der Waals surface area contributed by atoms with E-state index in [1.165, 1.54) is 0 Å². The van der Waals surface area contributed by atoms with E-state index in [1.807, 2.05) is 0 Å². The Kier molecular flexibility index (Phi) is 3.16. The summed E-state index contributed by atoms with van der Waals surface area (Å²) in [4.78, 5) is 0. The largest absolute Gasteiger partial charge is 0.375 e. The zero-order chi connectivity index (χ0) is 9.30. The third kappa shape index (κ3) is 1.66. The van der Waals surface area contributed by atoms with Crippen LogP contribution in [0.15, 0.2) is 0 Å². The first-order valence-electron chi connectivity index (χ1n) is 5.23.